The van der Waals surface area contributed by atoms with Gasteiger partial charge in [0.2, 0.25) is 0 Å². The van der Waals surface area contributed by atoms with Gasteiger partial charge >= 0.3 is 0 Å². The largest absolute Gasteiger partial charge is 0.345 e. The number of carbonyl (C=O) groups excluding carboxylic acids is 1. The Morgan fingerprint density at radius 3 is 2.78 bits per heavy atom. The number of aromatic nitrogens is 2. The topological polar surface area (TPSA) is 46.9 Å². The van der Waals surface area contributed by atoms with Crippen LogP contribution in [0.2, 0.25) is 0 Å². The molecule has 4 rings (SSSR count). The highest BCUT2D eigenvalue weighted by atomic mass is 16.1. The highest BCUT2D eigenvalue weighted by Crippen LogP contribution is 2.30. The maximum atomic E-state index is 12.8. The zero-order chi connectivity index (χ0) is 18.8. The van der Waals surface area contributed by atoms with Crippen molar-refractivity contribution in [1.29, 1.82) is 0 Å². The second-order valence-corrected chi connectivity index (χ2v) is 7.43. The molecule has 0 saturated heterocycles. The Balaban J connectivity index is 1.54. The fourth-order valence-electron chi connectivity index (χ4n) is 3.97. The van der Waals surface area contributed by atoms with Gasteiger partial charge in [0.15, 0.2) is 0 Å². The van der Waals surface area contributed by atoms with Crippen LogP contribution in [-0.4, -0.2) is 15.7 Å². The summed E-state index contributed by atoms with van der Waals surface area (Å²) in [6.45, 7) is 4.81. The van der Waals surface area contributed by atoms with Crippen molar-refractivity contribution in [2.24, 2.45) is 0 Å². The fraction of sp³-hybridized carbons (Fsp3) is 0.304. The second kappa shape index (κ2) is 7.39. The molecule has 1 aliphatic rings. The second-order valence-electron chi connectivity index (χ2n) is 7.43. The van der Waals surface area contributed by atoms with Crippen molar-refractivity contribution in [3.8, 4) is 0 Å². The number of nitrogens with zero attached hydrogens (tertiary/aromatic N) is 2. The van der Waals surface area contributed by atoms with Crippen LogP contribution in [0.4, 0.5) is 0 Å². The number of benzene rings is 2. The summed E-state index contributed by atoms with van der Waals surface area (Å²) < 4.78 is 2.08. The molecule has 2 aromatic carbocycles. The SMILES string of the molecule is Cc1ccc(C(=O)NC2CCCc3c2cnn3Cc2ccccc2)c(C)c1. The summed E-state index contributed by atoms with van der Waals surface area (Å²) in [6, 6.07) is 16.4. The Morgan fingerprint density at radius 1 is 1.19 bits per heavy atom. The van der Waals surface area contributed by atoms with Gasteiger partial charge in [0.05, 0.1) is 18.8 Å². The Kier molecular flexibility index (Phi) is 4.80. The number of carbonyl (C=O) groups is 1. The van der Waals surface area contributed by atoms with Gasteiger partial charge < -0.3 is 5.32 Å². The van der Waals surface area contributed by atoms with Crippen molar-refractivity contribution in [2.45, 2.75) is 45.7 Å². The predicted octanol–water partition coefficient (Wildman–Crippen LogP) is 4.36. The van der Waals surface area contributed by atoms with E-state index >= 15 is 0 Å². The maximum absolute atomic E-state index is 12.8. The van der Waals surface area contributed by atoms with Crippen molar-refractivity contribution in [1.82, 2.24) is 15.1 Å². The zero-order valence-corrected chi connectivity index (χ0v) is 15.9. The predicted molar refractivity (Wildman–Crippen MR) is 107 cm³/mol. The van der Waals surface area contributed by atoms with Crippen molar-refractivity contribution in [3.05, 3.63) is 88.2 Å². The third-order valence-corrected chi connectivity index (χ3v) is 5.37. The first kappa shape index (κ1) is 17.5. The Morgan fingerprint density at radius 2 is 2.00 bits per heavy atom. The Bertz CT molecular complexity index is 959. The summed E-state index contributed by atoms with van der Waals surface area (Å²) in [5, 5.41) is 7.85. The molecule has 0 spiro atoms. The van der Waals surface area contributed by atoms with E-state index in [1.54, 1.807) is 0 Å². The minimum atomic E-state index is 0.00107. The van der Waals surface area contributed by atoms with Gasteiger partial charge in [0.25, 0.3) is 5.91 Å². The van der Waals surface area contributed by atoms with E-state index in [1.807, 2.05) is 38.2 Å². The van der Waals surface area contributed by atoms with E-state index in [4.69, 9.17) is 0 Å². The lowest BCUT2D eigenvalue weighted by Gasteiger charge is -2.24. The summed E-state index contributed by atoms with van der Waals surface area (Å²) in [4.78, 5) is 12.8. The summed E-state index contributed by atoms with van der Waals surface area (Å²) in [6.07, 6.45) is 4.97. The van der Waals surface area contributed by atoms with Gasteiger partial charge in [-0.15, -0.1) is 0 Å². The van der Waals surface area contributed by atoms with Crippen LogP contribution in [0, 0.1) is 13.8 Å². The molecule has 0 aliphatic heterocycles. The molecule has 0 fully saturated rings. The van der Waals surface area contributed by atoms with E-state index in [-0.39, 0.29) is 11.9 Å². The van der Waals surface area contributed by atoms with Crippen LogP contribution in [0.15, 0.2) is 54.7 Å². The lowest BCUT2D eigenvalue weighted by atomic mass is 9.92. The fourth-order valence-corrected chi connectivity index (χ4v) is 3.97. The highest BCUT2D eigenvalue weighted by Gasteiger charge is 2.26. The monoisotopic (exact) mass is 359 g/mol. The standard InChI is InChI=1S/C23H25N3O/c1-16-11-12-19(17(2)13-16)23(27)25-21-9-6-10-22-20(21)14-24-26(22)15-18-7-4-3-5-8-18/h3-5,7-8,11-14,21H,6,9-10,15H2,1-2H3,(H,25,27). The van der Waals surface area contributed by atoms with Gasteiger partial charge in [-0.2, -0.15) is 5.10 Å². The Hall–Kier alpha value is -2.88. The molecule has 0 bridgehead atoms. The average Bonchev–Trinajstić information content (AvgIpc) is 3.06. The lowest BCUT2D eigenvalue weighted by molar-refractivity contribution is 0.0932. The van der Waals surface area contributed by atoms with Crippen molar-refractivity contribution in [2.75, 3.05) is 0 Å². The molecule has 1 atom stereocenters. The van der Waals surface area contributed by atoms with Gasteiger partial charge in [-0.25, -0.2) is 0 Å². The quantitative estimate of drug-likeness (QED) is 0.752. The molecule has 27 heavy (non-hydrogen) atoms. The van der Waals surface area contributed by atoms with Crippen LogP contribution in [-0.2, 0) is 13.0 Å². The normalized spacial score (nSPS) is 16.0. The van der Waals surface area contributed by atoms with E-state index in [1.165, 1.54) is 16.8 Å². The minimum Gasteiger partial charge on any atom is -0.345 e. The number of hydrogen-bond donors (Lipinski definition) is 1. The smallest absolute Gasteiger partial charge is 0.252 e. The van der Waals surface area contributed by atoms with E-state index in [2.05, 4.69) is 45.4 Å². The number of rotatable bonds is 4. The van der Waals surface area contributed by atoms with Crippen LogP contribution in [0.25, 0.3) is 0 Å². The molecule has 1 heterocycles. The van der Waals surface area contributed by atoms with Gasteiger partial charge in [-0.05, 0) is 50.3 Å². The van der Waals surface area contributed by atoms with Crippen LogP contribution < -0.4 is 5.32 Å². The summed E-state index contributed by atoms with van der Waals surface area (Å²) >= 11 is 0. The third-order valence-electron chi connectivity index (χ3n) is 5.37. The van der Waals surface area contributed by atoms with Crippen molar-refractivity contribution < 1.29 is 4.79 Å². The number of amides is 1. The maximum Gasteiger partial charge on any atom is 0.252 e. The molecule has 1 unspecified atom stereocenters. The van der Waals surface area contributed by atoms with E-state index in [0.717, 1.165) is 42.5 Å². The molecule has 4 nitrogen and oxygen atoms in total. The Labute approximate surface area is 160 Å². The summed E-state index contributed by atoms with van der Waals surface area (Å²) in [5.74, 6) is 0.00107. The van der Waals surface area contributed by atoms with Crippen LogP contribution in [0.1, 0.15) is 57.2 Å². The summed E-state index contributed by atoms with van der Waals surface area (Å²) in [7, 11) is 0. The zero-order valence-electron chi connectivity index (χ0n) is 15.9. The molecule has 3 aromatic rings. The first-order chi connectivity index (χ1) is 13.1. The van der Waals surface area contributed by atoms with E-state index in [0.29, 0.717) is 0 Å². The molecule has 138 valence electrons. The molecule has 0 saturated carbocycles. The summed E-state index contributed by atoms with van der Waals surface area (Å²) in [5.41, 5.74) is 6.59. The molecule has 1 aliphatic carbocycles. The number of fused-ring (bicyclic) bond motifs is 1. The minimum absolute atomic E-state index is 0.00107. The average molecular weight is 359 g/mol. The molecule has 0 radical (unpaired) electrons. The molecule has 1 amide bonds. The molecule has 1 aromatic heterocycles. The number of aryl methyl sites for hydroxylation is 2. The van der Waals surface area contributed by atoms with Crippen LogP contribution in [0.3, 0.4) is 0 Å². The van der Waals surface area contributed by atoms with Crippen LogP contribution in [0.5, 0.6) is 0 Å². The van der Waals surface area contributed by atoms with Gasteiger partial charge in [0, 0.05) is 16.8 Å². The van der Waals surface area contributed by atoms with E-state index in [9.17, 15) is 4.79 Å². The third kappa shape index (κ3) is 3.65. The molecule has 1 N–H and O–H groups in total. The number of nitrogens with one attached hydrogen (secondary N) is 1. The van der Waals surface area contributed by atoms with Crippen molar-refractivity contribution >= 4 is 5.91 Å². The first-order valence-electron chi connectivity index (χ1n) is 9.58. The van der Waals surface area contributed by atoms with Crippen LogP contribution >= 0.6 is 0 Å². The molecular formula is C23H25N3O. The molecular weight excluding hydrogens is 334 g/mol. The lowest BCUT2D eigenvalue weighted by Crippen LogP contribution is -2.31. The van der Waals surface area contributed by atoms with Gasteiger partial charge in [0.1, 0.15) is 0 Å². The first-order valence-corrected chi connectivity index (χ1v) is 9.58. The van der Waals surface area contributed by atoms with Gasteiger partial charge in [-0.3, -0.25) is 9.48 Å². The molecule has 4 heteroatoms. The van der Waals surface area contributed by atoms with E-state index < -0.39 is 0 Å². The highest BCUT2D eigenvalue weighted by molar-refractivity contribution is 5.96. The van der Waals surface area contributed by atoms with Gasteiger partial charge in [-0.1, -0.05) is 48.0 Å². The number of hydrogen-bond acceptors (Lipinski definition) is 2. The van der Waals surface area contributed by atoms with Crippen molar-refractivity contribution in [3.63, 3.8) is 0 Å².